The molecular formula is C12H15NO2. The minimum atomic E-state index is 0.162. The topological polar surface area (TPSA) is 29.5 Å². The Bertz CT molecular complexity index is 387. The largest absolute Gasteiger partial charge is 0.490 e. The molecule has 0 spiro atoms. The van der Waals surface area contributed by atoms with Crippen molar-refractivity contribution >= 4 is 11.5 Å². The van der Waals surface area contributed by atoms with Gasteiger partial charge in [-0.25, -0.2) is 0 Å². The third-order valence-corrected chi connectivity index (χ3v) is 2.70. The van der Waals surface area contributed by atoms with E-state index >= 15 is 0 Å². The van der Waals surface area contributed by atoms with Gasteiger partial charge < -0.3 is 9.64 Å². The Labute approximate surface area is 89.7 Å². The van der Waals surface area contributed by atoms with Gasteiger partial charge in [-0.2, -0.15) is 0 Å². The number of carbonyl (C=O) groups excluding carboxylic acids is 1. The van der Waals surface area contributed by atoms with Crippen LogP contribution in [-0.2, 0) is 0 Å². The van der Waals surface area contributed by atoms with Gasteiger partial charge >= 0.3 is 0 Å². The molecule has 0 aromatic heterocycles. The summed E-state index contributed by atoms with van der Waals surface area (Å²) in [6, 6.07) is 5.67. The molecule has 3 heteroatoms. The highest BCUT2D eigenvalue weighted by molar-refractivity contribution is 5.96. The average Bonchev–Trinajstić information content (AvgIpc) is 2.28. The third-order valence-electron chi connectivity index (χ3n) is 2.70. The number of fused-ring (bicyclic) bond motifs is 1. The number of likely N-dealkylation sites (N-methyl/N-ethyl adjacent to an activating group) is 1. The molecular weight excluding hydrogens is 190 g/mol. The number of benzene rings is 1. The van der Waals surface area contributed by atoms with Crippen LogP contribution in [0.1, 0.15) is 23.7 Å². The fourth-order valence-corrected chi connectivity index (χ4v) is 1.74. The summed E-state index contributed by atoms with van der Waals surface area (Å²) < 4.78 is 5.54. The summed E-state index contributed by atoms with van der Waals surface area (Å²) in [5, 5.41) is 0. The van der Waals surface area contributed by atoms with Crippen LogP contribution in [0.3, 0.4) is 0 Å². The van der Waals surface area contributed by atoms with Crippen molar-refractivity contribution < 1.29 is 9.53 Å². The van der Waals surface area contributed by atoms with E-state index in [0.29, 0.717) is 13.0 Å². The molecule has 1 aromatic carbocycles. The Balaban J connectivity index is 2.37. The van der Waals surface area contributed by atoms with Gasteiger partial charge in [0.05, 0.1) is 12.2 Å². The Morgan fingerprint density at radius 1 is 1.53 bits per heavy atom. The number of carbonyl (C=O) groups is 1. The summed E-state index contributed by atoms with van der Waals surface area (Å²) in [5.41, 5.74) is 1.81. The van der Waals surface area contributed by atoms with E-state index in [4.69, 9.17) is 4.74 Å². The second kappa shape index (κ2) is 3.93. The lowest BCUT2D eigenvalue weighted by atomic mass is 10.1. The zero-order chi connectivity index (χ0) is 10.8. The maximum atomic E-state index is 11.5. The smallest absolute Gasteiger partial charge is 0.162 e. The zero-order valence-corrected chi connectivity index (χ0v) is 9.12. The van der Waals surface area contributed by atoms with Crippen molar-refractivity contribution in [3.63, 3.8) is 0 Å². The van der Waals surface area contributed by atoms with Crippen LogP contribution in [0.2, 0.25) is 0 Å². The molecule has 1 heterocycles. The van der Waals surface area contributed by atoms with Gasteiger partial charge in [0.2, 0.25) is 0 Å². The normalized spacial score (nSPS) is 14.4. The first-order chi connectivity index (χ1) is 7.22. The first-order valence-electron chi connectivity index (χ1n) is 5.23. The van der Waals surface area contributed by atoms with Crippen LogP contribution in [0.25, 0.3) is 0 Å². The number of anilines is 1. The number of ether oxygens (including phenoxy) is 1. The van der Waals surface area contributed by atoms with Crippen LogP contribution >= 0.6 is 0 Å². The van der Waals surface area contributed by atoms with Crippen LogP contribution in [-0.4, -0.2) is 26.0 Å². The summed E-state index contributed by atoms with van der Waals surface area (Å²) in [5.74, 6) is 0.984. The summed E-state index contributed by atoms with van der Waals surface area (Å²) >= 11 is 0. The molecule has 0 fully saturated rings. The van der Waals surface area contributed by atoms with Crippen molar-refractivity contribution in [1.82, 2.24) is 0 Å². The molecule has 0 aliphatic carbocycles. The van der Waals surface area contributed by atoms with E-state index in [9.17, 15) is 4.79 Å². The summed E-state index contributed by atoms with van der Waals surface area (Å²) in [7, 11) is 2.03. The minimum absolute atomic E-state index is 0.162. The molecule has 0 bridgehead atoms. The van der Waals surface area contributed by atoms with Crippen molar-refractivity contribution in [2.75, 3.05) is 25.1 Å². The molecule has 0 amide bonds. The predicted octanol–water partition coefficient (Wildman–Crippen LogP) is 2.11. The van der Waals surface area contributed by atoms with Crippen molar-refractivity contribution in [3.05, 3.63) is 23.8 Å². The number of hydrogen-bond acceptors (Lipinski definition) is 3. The maximum Gasteiger partial charge on any atom is 0.162 e. The van der Waals surface area contributed by atoms with Crippen LogP contribution in [0, 0.1) is 0 Å². The molecule has 2 rings (SSSR count). The number of hydrogen-bond donors (Lipinski definition) is 0. The van der Waals surface area contributed by atoms with E-state index in [1.807, 2.05) is 32.2 Å². The van der Waals surface area contributed by atoms with Crippen molar-refractivity contribution in [1.29, 1.82) is 0 Å². The lowest BCUT2D eigenvalue weighted by Crippen LogP contribution is -2.28. The molecule has 1 aliphatic heterocycles. The highest BCUT2D eigenvalue weighted by atomic mass is 16.5. The number of rotatable bonds is 2. The highest BCUT2D eigenvalue weighted by Crippen LogP contribution is 2.31. The monoisotopic (exact) mass is 205 g/mol. The molecule has 0 radical (unpaired) electrons. The van der Waals surface area contributed by atoms with Gasteiger partial charge in [0.1, 0.15) is 12.4 Å². The Hall–Kier alpha value is -1.51. The molecule has 0 saturated carbocycles. The van der Waals surface area contributed by atoms with Crippen LogP contribution < -0.4 is 9.64 Å². The molecule has 0 unspecified atom stereocenters. The van der Waals surface area contributed by atoms with Gasteiger partial charge in [-0.1, -0.05) is 6.92 Å². The van der Waals surface area contributed by atoms with E-state index in [0.717, 1.165) is 23.5 Å². The fraction of sp³-hybridized carbons (Fsp3) is 0.417. The van der Waals surface area contributed by atoms with Crippen LogP contribution in [0.15, 0.2) is 18.2 Å². The zero-order valence-electron chi connectivity index (χ0n) is 9.12. The van der Waals surface area contributed by atoms with Gasteiger partial charge in [0, 0.05) is 19.0 Å². The molecule has 0 N–H and O–H groups in total. The van der Waals surface area contributed by atoms with E-state index in [1.165, 1.54) is 0 Å². The fourth-order valence-electron chi connectivity index (χ4n) is 1.74. The first-order valence-corrected chi connectivity index (χ1v) is 5.23. The van der Waals surface area contributed by atoms with Crippen molar-refractivity contribution in [2.45, 2.75) is 13.3 Å². The van der Waals surface area contributed by atoms with E-state index in [-0.39, 0.29) is 5.78 Å². The van der Waals surface area contributed by atoms with E-state index in [1.54, 1.807) is 0 Å². The van der Waals surface area contributed by atoms with Crippen LogP contribution in [0.4, 0.5) is 5.69 Å². The Morgan fingerprint density at radius 2 is 2.33 bits per heavy atom. The van der Waals surface area contributed by atoms with Crippen molar-refractivity contribution in [2.24, 2.45) is 0 Å². The molecule has 0 atom stereocenters. The lowest BCUT2D eigenvalue weighted by molar-refractivity contribution is 0.0987. The van der Waals surface area contributed by atoms with Crippen molar-refractivity contribution in [3.8, 4) is 5.75 Å². The summed E-state index contributed by atoms with van der Waals surface area (Å²) in [6.07, 6.45) is 0.536. The quantitative estimate of drug-likeness (QED) is 0.692. The van der Waals surface area contributed by atoms with Gasteiger partial charge in [-0.05, 0) is 18.2 Å². The minimum Gasteiger partial charge on any atom is -0.490 e. The van der Waals surface area contributed by atoms with Gasteiger partial charge in [-0.3, -0.25) is 4.79 Å². The molecule has 15 heavy (non-hydrogen) atoms. The second-order valence-corrected chi connectivity index (χ2v) is 3.73. The van der Waals surface area contributed by atoms with E-state index in [2.05, 4.69) is 4.90 Å². The summed E-state index contributed by atoms with van der Waals surface area (Å²) in [6.45, 7) is 3.45. The molecule has 1 aliphatic rings. The molecule has 1 aromatic rings. The lowest BCUT2D eigenvalue weighted by Gasteiger charge is -2.27. The van der Waals surface area contributed by atoms with Crippen LogP contribution in [0.5, 0.6) is 5.75 Å². The average molecular weight is 205 g/mol. The SMILES string of the molecule is CCC(=O)c1ccc2c(c1)OCCN2C. The number of Topliss-reactive ketones (excluding diaryl/α,β-unsaturated/α-hetero) is 1. The Kier molecular flexibility index (Phi) is 2.62. The standard InChI is InChI=1S/C12H15NO2/c1-3-11(14)9-4-5-10-12(8-9)15-7-6-13(10)2/h4-5,8H,3,6-7H2,1-2H3. The number of ketones is 1. The predicted molar refractivity (Wildman–Crippen MR) is 59.8 cm³/mol. The molecule has 3 nitrogen and oxygen atoms in total. The highest BCUT2D eigenvalue weighted by Gasteiger charge is 2.16. The first kappa shape index (κ1) is 10.0. The maximum absolute atomic E-state index is 11.5. The molecule has 0 saturated heterocycles. The van der Waals surface area contributed by atoms with Gasteiger partial charge in [-0.15, -0.1) is 0 Å². The number of nitrogens with zero attached hydrogens (tertiary/aromatic N) is 1. The van der Waals surface area contributed by atoms with Gasteiger partial charge in [0.25, 0.3) is 0 Å². The second-order valence-electron chi connectivity index (χ2n) is 3.73. The molecule has 80 valence electrons. The van der Waals surface area contributed by atoms with Gasteiger partial charge in [0.15, 0.2) is 5.78 Å². The van der Waals surface area contributed by atoms with E-state index < -0.39 is 0 Å². The third kappa shape index (κ3) is 1.82. The Morgan fingerprint density at radius 3 is 3.07 bits per heavy atom. The summed E-state index contributed by atoms with van der Waals surface area (Å²) in [4.78, 5) is 13.6.